The number of aromatic nitrogens is 2. The molecule has 1 heterocycles. The van der Waals surface area contributed by atoms with Gasteiger partial charge in [-0.15, -0.1) is 22.0 Å². The minimum atomic E-state index is -1.05. The first kappa shape index (κ1) is 15.9. The number of carboxylic acids is 1. The molecule has 7 heteroatoms. The summed E-state index contributed by atoms with van der Waals surface area (Å²) in [6.45, 7) is 5.99. The third-order valence-electron chi connectivity index (χ3n) is 2.64. The number of hydrogen-bond donors (Lipinski definition) is 1. The fraction of sp³-hybridized carbons (Fsp3) is 0.357. The van der Waals surface area contributed by atoms with Crippen LogP contribution >= 0.6 is 23.4 Å². The van der Waals surface area contributed by atoms with Gasteiger partial charge in [0.1, 0.15) is 0 Å². The normalized spacial score (nSPS) is 11.6. The van der Waals surface area contributed by atoms with Gasteiger partial charge in [-0.25, -0.2) is 4.79 Å². The summed E-state index contributed by atoms with van der Waals surface area (Å²) in [4.78, 5) is 11.8. The quantitative estimate of drug-likeness (QED) is 0.855. The SMILES string of the molecule is CC(C)(C)c1nnc(CSc2ccc(Cl)c(C(=O)O)c2)o1. The third-order valence-corrected chi connectivity index (χ3v) is 3.95. The summed E-state index contributed by atoms with van der Waals surface area (Å²) in [5, 5.41) is 17.3. The Labute approximate surface area is 131 Å². The molecule has 2 aromatic rings. The number of halogens is 1. The molecule has 0 atom stereocenters. The van der Waals surface area contributed by atoms with Gasteiger partial charge >= 0.3 is 5.97 Å². The van der Waals surface area contributed by atoms with Gasteiger partial charge in [-0.2, -0.15) is 0 Å². The topological polar surface area (TPSA) is 76.2 Å². The van der Waals surface area contributed by atoms with E-state index in [1.165, 1.54) is 17.8 Å². The first-order valence-corrected chi connectivity index (χ1v) is 7.62. The average Bonchev–Trinajstić information content (AvgIpc) is 2.86. The molecule has 0 aliphatic heterocycles. The lowest BCUT2D eigenvalue weighted by Gasteiger charge is -2.10. The fourth-order valence-corrected chi connectivity index (χ4v) is 2.49. The van der Waals surface area contributed by atoms with Crippen LogP contribution in [0.2, 0.25) is 5.02 Å². The zero-order valence-electron chi connectivity index (χ0n) is 11.9. The summed E-state index contributed by atoms with van der Waals surface area (Å²) < 4.78 is 5.59. The number of hydrogen-bond acceptors (Lipinski definition) is 5. The number of thioether (sulfide) groups is 1. The van der Waals surface area contributed by atoms with Crippen LogP contribution in [-0.2, 0) is 11.2 Å². The molecule has 0 fully saturated rings. The highest BCUT2D eigenvalue weighted by Crippen LogP contribution is 2.28. The Bertz CT molecular complexity index is 664. The van der Waals surface area contributed by atoms with E-state index in [1.54, 1.807) is 12.1 Å². The van der Waals surface area contributed by atoms with Crippen molar-refractivity contribution in [3.8, 4) is 0 Å². The van der Waals surface area contributed by atoms with Crippen LogP contribution in [-0.4, -0.2) is 21.3 Å². The van der Waals surface area contributed by atoms with Gasteiger partial charge in [0.05, 0.1) is 16.3 Å². The van der Waals surface area contributed by atoms with Gasteiger partial charge in [0, 0.05) is 10.3 Å². The van der Waals surface area contributed by atoms with E-state index < -0.39 is 5.97 Å². The molecule has 0 aliphatic carbocycles. The number of carboxylic acid groups (broad SMARTS) is 1. The van der Waals surface area contributed by atoms with Crippen molar-refractivity contribution in [2.45, 2.75) is 36.8 Å². The van der Waals surface area contributed by atoms with E-state index >= 15 is 0 Å². The lowest BCUT2D eigenvalue weighted by atomic mass is 9.97. The molecule has 5 nitrogen and oxygen atoms in total. The van der Waals surface area contributed by atoms with Gasteiger partial charge in [-0.3, -0.25) is 0 Å². The van der Waals surface area contributed by atoms with Crippen molar-refractivity contribution in [3.63, 3.8) is 0 Å². The van der Waals surface area contributed by atoms with Crippen molar-refractivity contribution in [2.75, 3.05) is 0 Å². The fourth-order valence-electron chi connectivity index (χ4n) is 1.52. The second kappa shape index (κ2) is 6.07. The van der Waals surface area contributed by atoms with E-state index in [0.29, 0.717) is 17.5 Å². The van der Waals surface area contributed by atoms with Crippen molar-refractivity contribution in [2.24, 2.45) is 0 Å². The highest BCUT2D eigenvalue weighted by molar-refractivity contribution is 7.98. The highest BCUT2D eigenvalue weighted by atomic mass is 35.5. The third kappa shape index (κ3) is 3.98. The van der Waals surface area contributed by atoms with Crippen molar-refractivity contribution < 1.29 is 14.3 Å². The molecule has 1 aromatic heterocycles. The van der Waals surface area contributed by atoms with Crippen LogP contribution in [0.3, 0.4) is 0 Å². The maximum absolute atomic E-state index is 11.0. The molecular weight excluding hydrogens is 312 g/mol. The van der Waals surface area contributed by atoms with E-state index in [4.69, 9.17) is 21.1 Å². The van der Waals surface area contributed by atoms with Gasteiger partial charge in [0.25, 0.3) is 0 Å². The first-order valence-electron chi connectivity index (χ1n) is 6.26. The Hall–Kier alpha value is -1.53. The lowest BCUT2D eigenvalue weighted by molar-refractivity contribution is 0.0697. The molecule has 0 amide bonds. The molecule has 1 aromatic carbocycles. The standard InChI is InChI=1S/C14H15ClN2O3S/c1-14(2,3)13-17-16-11(20-13)7-21-8-4-5-10(15)9(6-8)12(18)19/h4-6H,7H2,1-3H3,(H,18,19). The Morgan fingerprint density at radius 3 is 2.67 bits per heavy atom. The molecule has 0 bridgehead atoms. The number of rotatable bonds is 4. The number of nitrogens with zero attached hydrogens (tertiary/aromatic N) is 2. The number of carbonyl (C=O) groups is 1. The molecule has 2 rings (SSSR count). The average molecular weight is 327 g/mol. The summed E-state index contributed by atoms with van der Waals surface area (Å²) >= 11 is 7.25. The molecule has 0 aliphatic rings. The second-order valence-electron chi connectivity index (χ2n) is 5.49. The highest BCUT2D eigenvalue weighted by Gasteiger charge is 2.21. The summed E-state index contributed by atoms with van der Waals surface area (Å²) in [5.74, 6) is 0.525. The van der Waals surface area contributed by atoms with Crippen molar-refractivity contribution in [1.29, 1.82) is 0 Å². The Morgan fingerprint density at radius 1 is 1.38 bits per heavy atom. The number of aromatic carboxylic acids is 1. The van der Waals surface area contributed by atoms with E-state index in [-0.39, 0.29) is 16.0 Å². The van der Waals surface area contributed by atoms with E-state index in [9.17, 15) is 4.79 Å². The largest absolute Gasteiger partial charge is 0.478 e. The van der Waals surface area contributed by atoms with Gasteiger partial charge in [-0.05, 0) is 18.2 Å². The monoisotopic (exact) mass is 326 g/mol. The van der Waals surface area contributed by atoms with Crippen LogP contribution in [0.15, 0.2) is 27.5 Å². The number of benzene rings is 1. The van der Waals surface area contributed by atoms with E-state index in [1.807, 2.05) is 20.8 Å². The van der Waals surface area contributed by atoms with Crippen LogP contribution in [0.25, 0.3) is 0 Å². The maximum Gasteiger partial charge on any atom is 0.337 e. The smallest absolute Gasteiger partial charge is 0.337 e. The van der Waals surface area contributed by atoms with Crippen LogP contribution in [0.1, 0.15) is 42.9 Å². The van der Waals surface area contributed by atoms with Crippen molar-refractivity contribution in [1.82, 2.24) is 10.2 Å². The van der Waals surface area contributed by atoms with Crippen LogP contribution in [0, 0.1) is 0 Å². The van der Waals surface area contributed by atoms with Gasteiger partial charge in [-0.1, -0.05) is 32.4 Å². The molecule has 21 heavy (non-hydrogen) atoms. The molecular formula is C14H15ClN2O3S. The zero-order chi connectivity index (χ0) is 15.6. The predicted molar refractivity (Wildman–Crippen MR) is 81.0 cm³/mol. The van der Waals surface area contributed by atoms with Gasteiger partial charge < -0.3 is 9.52 Å². The van der Waals surface area contributed by atoms with Crippen LogP contribution in [0.4, 0.5) is 0 Å². The summed E-state index contributed by atoms with van der Waals surface area (Å²) in [7, 11) is 0. The molecule has 1 N–H and O–H groups in total. The minimum absolute atomic E-state index is 0.0857. The minimum Gasteiger partial charge on any atom is -0.478 e. The molecule has 112 valence electrons. The summed E-state index contributed by atoms with van der Waals surface area (Å²) in [6, 6.07) is 4.87. The maximum atomic E-state index is 11.0. The Kier molecular flexibility index (Phi) is 4.58. The van der Waals surface area contributed by atoms with Crippen molar-refractivity contribution >= 4 is 29.3 Å². The lowest BCUT2D eigenvalue weighted by Crippen LogP contribution is -2.11. The van der Waals surface area contributed by atoms with E-state index in [2.05, 4.69) is 10.2 Å². The van der Waals surface area contributed by atoms with Crippen molar-refractivity contribution in [3.05, 3.63) is 40.6 Å². The van der Waals surface area contributed by atoms with Crippen LogP contribution < -0.4 is 0 Å². The van der Waals surface area contributed by atoms with Crippen LogP contribution in [0.5, 0.6) is 0 Å². The molecule has 0 saturated carbocycles. The predicted octanol–water partition coefficient (Wildman–Crippen LogP) is 4.01. The molecule has 0 spiro atoms. The van der Waals surface area contributed by atoms with Gasteiger partial charge in [0.15, 0.2) is 0 Å². The zero-order valence-corrected chi connectivity index (χ0v) is 13.5. The molecule has 0 saturated heterocycles. The Balaban J connectivity index is 2.08. The van der Waals surface area contributed by atoms with Gasteiger partial charge in [0.2, 0.25) is 11.8 Å². The Morgan fingerprint density at radius 2 is 2.10 bits per heavy atom. The summed E-state index contributed by atoms with van der Waals surface area (Å²) in [5.41, 5.74) is -0.102. The first-order chi connectivity index (χ1) is 9.77. The second-order valence-corrected chi connectivity index (χ2v) is 6.94. The van der Waals surface area contributed by atoms with E-state index in [0.717, 1.165) is 4.90 Å². The summed E-state index contributed by atoms with van der Waals surface area (Å²) in [6.07, 6.45) is 0. The molecule has 0 unspecified atom stereocenters. The molecule has 0 radical (unpaired) electrons.